The van der Waals surface area contributed by atoms with Gasteiger partial charge in [0.25, 0.3) is 0 Å². The van der Waals surface area contributed by atoms with Gasteiger partial charge in [-0.05, 0) is 67.0 Å². The van der Waals surface area contributed by atoms with Gasteiger partial charge in [0.1, 0.15) is 5.78 Å². The Morgan fingerprint density at radius 1 is 0.871 bits per heavy atom. The molecule has 0 bridgehead atoms. The van der Waals surface area contributed by atoms with Gasteiger partial charge in [0.2, 0.25) is 0 Å². The molecule has 0 atom stereocenters. The van der Waals surface area contributed by atoms with Gasteiger partial charge in [0.15, 0.2) is 0 Å². The molecule has 0 saturated heterocycles. The number of aryl methyl sites for hydroxylation is 3. The van der Waals surface area contributed by atoms with Crippen LogP contribution in [-0.4, -0.2) is 18.9 Å². The molecule has 0 heterocycles. The van der Waals surface area contributed by atoms with Crippen LogP contribution in [0.5, 0.6) is 0 Å². The molecule has 0 aliphatic carbocycles. The summed E-state index contributed by atoms with van der Waals surface area (Å²) in [6, 6.07) is 12.8. The fourth-order valence-electron chi connectivity index (χ4n) is 4.43. The van der Waals surface area contributed by atoms with E-state index in [0.29, 0.717) is 17.8 Å². The summed E-state index contributed by atoms with van der Waals surface area (Å²) in [5.41, 5.74) is 6.11. The number of esters is 1. The predicted octanol–water partition coefficient (Wildman–Crippen LogP) is 6.74. The molecule has 0 aliphatic rings. The Bertz CT molecular complexity index is 943. The Morgan fingerprint density at radius 3 is 1.87 bits per heavy atom. The molecule has 0 N–H and O–H groups in total. The molecular formula is C28H38O3. The summed E-state index contributed by atoms with van der Waals surface area (Å²) in [6.07, 6.45) is 3.27. The number of carbonyl (C=O) groups is 2. The van der Waals surface area contributed by atoms with Crippen LogP contribution in [0.15, 0.2) is 36.4 Å². The van der Waals surface area contributed by atoms with E-state index in [4.69, 9.17) is 4.74 Å². The second kappa shape index (κ2) is 9.80. The van der Waals surface area contributed by atoms with E-state index in [2.05, 4.69) is 51.1 Å². The van der Waals surface area contributed by atoms with Crippen LogP contribution in [0.25, 0.3) is 0 Å². The fraction of sp³-hybridized carbons (Fsp3) is 0.500. The highest BCUT2D eigenvalue weighted by molar-refractivity contribution is 5.91. The maximum atomic E-state index is 12.3. The Hall–Kier alpha value is -2.42. The molecule has 2 rings (SSSR count). The molecule has 0 amide bonds. The summed E-state index contributed by atoms with van der Waals surface area (Å²) < 4.78 is 4.91. The molecule has 3 heteroatoms. The number of benzene rings is 2. The molecule has 3 nitrogen and oxygen atoms in total. The number of ketones is 1. The van der Waals surface area contributed by atoms with Crippen molar-refractivity contribution in [3.63, 3.8) is 0 Å². The quantitative estimate of drug-likeness (QED) is 0.442. The Balaban J connectivity index is 2.41. The second-order valence-electron chi connectivity index (χ2n) is 9.62. The molecule has 0 spiro atoms. The van der Waals surface area contributed by atoms with E-state index in [1.807, 2.05) is 33.8 Å². The van der Waals surface area contributed by atoms with Gasteiger partial charge in [-0.15, -0.1) is 0 Å². The zero-order chi connectivity index (χ0) is 23.4. The van der Waals surface area contributed by atoms with Crippen molar-refractivity contribution < 1.29 is 14.3 Å². The van der Waals surface area contributed by atoms with Gasteiger partial charge in [-0.1, -0.05) is 65.0 Å². The number of methoxy groups -OCH3 is 1. The van der Waals surface area contributed by atoms with E-state index < -0.39 is 0 Å². The minimum Gasteiger partial charge on any atom is -0.465 e. The topological polar surface area (TPSA) is 43.4 Å². The van der Waals surface area contributed by atoms with Crippen LogP contribution in [0.3, 0.4) is 0 Å². The number of Topliss-reactive ketones (excluding diaryl/α,β-unsaturated/α-hetero) is 1. The van der Waals surface area contributed by atoms with Crippen molar-refractivity contribution in [2.24, 2.45) is 5.41 Å². The van der Waals surface area contributed by atoms with Crippen molar-refractivity contribution in [3.8, 4) is 0 Å². The molecule has 168 valence electrons. The minimum absolute atomic E-state index is 0.121. The average molecular weight is 423 g/mol. The second-order valence-corrected chi connectivity index (χ2v) is 9.62. The highest BCUT2D eigenvalue weighted by atomic mass is 16.5. The zero-order valence-electron chi connectivity index (χ0n) is 20.5. The first-order valence-electron chi connectivity index (χ1n) is 11.3. The van der Waals surface area contributed by atoms with Crippen molar-refractivity contribution in [2.45, 2.75) is 79.6 Å². The number of ether oxygens (including phenoxy) is 1. The molecule has 0 unspecified atom stereocenters. The third-order valence-corrected chi connectivity index (χ3v) is 6.74. The SMILES string of the molecule is CCC(CC)(c1ccc(CCC(=O)C(C)(C)C)c(C)c1)c1ccc(C(=O)OC)c(C)c1. The summed E-state index contributed by atoms with van der Waals surface area (Å²) >= 11 is 0. The lowest BCUT2D eigenvalue weighted by Gasteiger charge is -2.34. The third-order valence-electron chi connectivity index (χ3n) is 6.74. The molecular weight excluding hydrogens is 384 g/mol. The number of hydrogen-bond donors (Lipinski definition) is 0. The minimum atomic E-state index is -0.298. The van der Waals surface area contributed by atoms with E-state index in [0.717, 1.165) is 24.8 Å². The van der Waals surface area contributed by atoms with Gasteiger partial charge < -0.3 is 4.74 Å². The van der Waals surface area contributed by atoms with Crippen molar-refractivity contribution in [3.05, 3.63) is 69.8 Å². The van der Waals surface area contributed by atoms with Crippen molar-refractivity contribution in [1.29, 1.82) is 0 Å². The lowest BCUT2D eigenvalue weighted by molar-refractivity contribution is -0.126. The normalized spacial score (nSPS) is 12.0. The Morgan fingerprint density at radius 2 is 1.42 bits per heavy atom. The zero-order valence-corrected chi connectivity index (χ0v) is 20.5. The molecule has 0 radical (unpaired) electrons. The first kappa shape index (κ1) is 24.8. The molecule has 2 aromatic rings. The molecule has 0 aromatic heterocycles. The predicted molar refractivity (Wildman–Crippen MR) is 128 cm³/mol. The van der Waals surface area contributed by atoms with Crippen LogP contribution in [-0.2, 0) is 21.4 Å². The first-order valence-corrected chi connectivity index (χ1v) is 11.3. The maximum Gasteiger partial charge on any atom is 0.338 e. The van der Waals surface area contributed by atoms with Gasteiger partial charge in [-0.3, -0.25) is 4.79 Å². The van der Waals surface area contributed by atoms with Crippen LogP contribution in [0.2, 0.25) is 0 Å². The van der Waals surface area contributed by atoms with Crippen LogP contribution >= 0.6 is 0 Å². The average Bonchev–Trinajstić information content (AvgIpc) is 2.73. The van der Waals surface area contributed by atoms with Crippen LogP contribution in [0, 0.1) is 19.3 Å². The highest BCUT2D eigenvalue weighted by Crippen LogP contribution is 2.40. The van der Waals surface area contributed by atoms with Crippen molar-refractivity contribution in [1.82, 2.24) is 0 Å². The summed E-state index contributed by atoms with van der Waals surface area (Å²) in [7, 11) is 1.41. The third kappa shape index (κ3) is 5.26. The lowest BCUT2D eigenvalue weighted by Crippen LogP contribution is -2.27. The molecule has 0 saturated carbocycles. The van der Waals surface area contributed by atoms with Gasteiger partial charge >= 0.3 is 5.97 Å². The summed E-state index contributed by atoms with van der Waals surface area (Å²) in [6.45, 7) is 14.5. The van der Waals surface area contributed by atoms with E-state index in [1.54, 1.807) is 0 Å². The van der Waals surface area contributed by atoms with E-state index in [-0.39, 0.29) is 16.8 Å². The summed E-state index contributed by atoms with van der Waals surface area (Å²) in [5, 5.41) is 0. The standard InChI is InChI=1S/C28H38O3/c1-9-28(10-2,23-14-15-24(20(4)18-23)26(30)31-8)22-13-11-21(19(3)17-22)12-16-25(29)27(5,6)7/h11,13-15,17-18H,9-10,12,16H2,1-8H3. The van der Waals surface area contributed by atoms with Crippen LogP contribution in [0.1, 0.15) is 92.1 Å². The Labute approximate surface area is 188 Å². The van der Waals surface area contributed by atoms with Gasteiger partial charge in [0, 0.05) is 17.3 Å². The Kier molecular flexibility index (Phi) is 7.86. The highest BCUT2D eigenvalue weighted by Gasteiger charge is 2.32. The van der Waals surface area contributed by atoms with E-state index in [1.165, 1.54) is 29.4 Å². The molecule has 2 aromatic carbocycles. The van der Waals surface area contributed by atoms with Crippen LogP contribution < -0.4 is 0 Å². The fourth-order valence-corrected chi connectivity index (χ4v) is 4.43. The van der Waals surface area contributed by atoms with Gasteiger partial charge in [-0.25, -0.2) is 4.79 Å². The van der Waals surface area contributed by atoms with Crippen molar-refractivity contribution in [2.75, 3.05) is 7.11 Å². The van der Waals surface area contributed by atoms with Crippen molar-refractivity contribution >= 4 is 11.8 Å². The number of rotatable bonds is 8. The summed E-state index contributed by atoms with van der Waals surface area (Å²) in [5.74, 6) is 0.00117. The molecule has 31 heavy (non-hydrogen) atoms. The molecule has 0 aliphatic heterocycles. The van der Waals surface area contributed by atoms with Crippen LogP contribution in [0.4, 0.5) is 0 Å². The molecule has 0 fully saturated rings. The lowest BCUT2D eigenvalue weighted by atomic mass is 9.69. The van der Waals surface area contributed by atoms with E-state index >= 15 is 0 Å². The monoisotopic (exact) mass is 422 g/mol. The smallest absolute Gasteiger partial charge is 0.338 e. The summed E-state index contributed by atoms with van der Waals surface area (Å²) in [4.78, 5) is 24.4. The first-order chi connectivity index (χ1) is 14.5. The number of carbonyl (C=O) groups excluding carboxylic acids is 2. The maximum absolute atomic E-state index is 12.3. The number of hydrogen-bond acceptors (Lipinski definition) is 3. The van der Waals surface area contributed by atoms with E-state index in [9.17, 15) is 9.59 Å². The largest absolute Gasteiger partial charge is 0.465 e. The van der Waals surface area contributed by atoms with Gasteiger partial charge in [0.05, 0.1) is 12.7 Å². The van der Waals surface area contributed by atoms with Gasteiger partial charge in [-0.2, -0.15) is 0 Å².